The van der Waals surface area contributed by atoms with Gasteiger partial charge in [-0.2, -0.15) is 0 Å². The molecule has 0 spiro atoms. The van der Waals surface area contributed by atoms with E-state index in [1.165, 1.54) is 5.56 Å². The highest BCUT2D eigenvalue weighted by molar-refractivity contribution is 7.89. The van der Waals surface area contributed by atoms with Crippen molar-refractivity contribution in [2.75, 3.05) is 19.6 Å². The zero-order valence-electron chi connectivity index (χ0n) is 17.5. The summed E-state index contributed by atoms with van der Waals surface area (Å²) < 4.78 is 27.5. The van der Waals surface area contributed by atoms with Crippen LogP contribution in [-0.2, 0) is 23.0 Å². The van der Waals surface area contributed by atoms with Crippen molar-refractivity contribution in [2.45, 2.75) is 50.5 Å². The molecule has 2 aromatic rings. The van der Waals surface area contributed by atoms with E-state index in [-0.39, 0.29) is 10.6 Å². The fourth-order valence-corrected chi connectivity index (χ4v) is 4.76. The molecule has 0 amide bonds. The molecule has 0 aromatic heterocycles. The summed E-state index contributed by atoms with van der Waals surface area (Å²) in [6, 6.07) is 12.1. The van der Waals surface area contributed by atoms with Crippen molar-refractivity contribution in [3.05, 3.63) is 69.3 Å². The van der Waals surface area contributed by atoms with E-state index in [1.54, 1.807) is 24.3 Å². The third kappa shape index (κ3) is 5.65. The van der Waals surface area contributed by atoms with Crippen LogP contribution in [0.1, 0.15) is 49.3 Å². The molecule has 7 nitrogen and oxygen atoms in total. The van der Waals surface area contributed by atoms with Gasteiger partial charge in [-0.3, -0.25) is 15.0 Å². The summed E-state index contributed by atoms with van der Waals surface area (Å²) in [7, 11) is -3.49. The standard InChI is InChI=1S/C22H29N3O4S/c1-17(2)18-6-9-22(10-7-18)30(28,29)23-12-3-4-13-24-14-11-19-5-8-21(25(26)27)15-20(19)16-24/h5-10,15,17,23H,3-4,11-14,16H2,1-2H3. The van der Waals surface area contributed by atoms with Crippen LogP contribution in [0.2, 0.25) is 0 Å². The monoisotopic (exact) mass is 431 g/mol. The molecule has 30 heavy (non-hydrogen) atoms. The summed E-state index contributed by atoms with van der Waals surface area (Å²) in [5, 5.41) is 11.0. The average Bonchev–Trinajstić information content (AvgIpc) is 2.72. The van der Waals surface area contributed by atoms with E-state index in [9.17, 15) is 18.5 Å². The number of nitrogens with zero attached hydrogens (tertiary/aromatic N) is 2. The largest absolute Gasteiger partial charge is 0.299 e. The number of nitro groups is 1. The van der Waals surface area contributed by atoms with Gasteiger partial charge in [0.1, 0.15) is 0 Å². The minimum atomic E-state index is -3.49. The van der Waals surface area contributed by atoms with Gasteiger partial charge in [0.25, 0.3) is 5.69 Å². The van der Waals surface area contributed by atoms with Gasteiger partial charge < -0.3 is 0 Å². The molecule has 3 rings (SSSR count). The van der Waals surface area contributed by atoms with E-state index in [1.807, 2.05) is 18.2 Å². The van der Waals surface area contributed by atoms with Gasteiger partial charge in [-0.1, -0.05) is 32.0 Å². The Morgan fingerprint density at radius 3 is 2.50 bits per heavy atom. The number of sulfonamides is 1. The maximum absolute atomic E-state index is 12.4. The summed E-state index contributed by atoms with van der Waals surface area (Å²) in [5.74, 6) is 0.364. The molecule has 1 heterocycles. The average molecular weight is 432 g/mol. The predicted octanol–water partition coefficient (Wildman–Crippen LogP) is 3.84. The number of nitrogens with one attached hydrogen (secondary N) is 1. The SMILES string of the molecule is CC(C)c1ccc(S(=O)(=O)NCCCCN2CCc3ccc([N+](=O)[O-])cc3C2)cc1. The molecule has 8 heteroatoms. The predicted molar refractivity (Wildman–Crippen MR) is 117 cm³/mol. The second-order valence-corrected chi connectivity index (χ2v) is 9.83. The van der Waals surface area contributed by atoms with Crippen molar-refractivity contribution >= 4 is 15.7 Å². The summed E-state index contributed by atoms with van der Waals surface area (Å²) in [6.45, 7) is 6.99. The molecule has 1 N–H and O–H groups in total. The van der Waals surface area contributed by atoms with Crippen LogP contribution in [0.25, 0.3) is 0 Å². The smallest absolute Gasteiger partial charge is 0.269 e. The Morgan fingerprint density at radius 1 is 1.10 bits per heavy atom. The maximum atomic E-state index is 12.4. The Labute approximate surface area is 178 Å². The van der Waals surface area contributed by atoms with Gasteiger partial charge in [-0.25, -0.2) is 13.1 Å². The number of benzene rings is 2. The highest BCUT2D eigenvalue weighted by Crippen LogP contribution is 2.24. The molecule has 0 saturated carbocycles. The summed E-state index contributed by atoms with van der Waals surface area (Å²) in [5.41, 5.74) is 3.43. The molecular weight excluding hydrogens is 402 g/mol. The molecule has 0 saturated heterocycles. The Kier molecular flexibility index (Phi) is 7.23. The van der Waals surface area contributed by atoms with Crippen molar-refractivity contribution in [3.63, 3.8) is 0 Å². The second-order valence-electron chi connectivity index (χ2n) is 8.06. The van der Waals surface area contributed by atoms with Gasteiger partial charge in [0.2, 0.25) is 10.0 Å². The fraction of sp³-hybridized carbons (Fsp3) is 0.455. The normalized spacial score (nSPS) is 14.6. The zero-order chi connectivity index (χ0) is 21.7. The van der Waals surface area contributed by atoms with E-state index < -0.39 is 10.0 Å². The Bertz CT molecular complexity index is 988. The maximum Gasteiger partial charge on any atom is 0.269 e. The lowest BCUT2D eigenvalue weighted by Crippen LogP contribution is -2.32. The van der Waals surface area contributed by atoms with Crippen molar-refractivity contribution in [2.24, 2.45) is 0 Å². The molecule has 1 aliphatic rings. The van der Waals surface area contributed by atoms with E-state index >= 15 is 0 Å². The molecule has 0 fully saturated rings. The Hall–Kier alpha value is -2.29. The molecule has 1 aliphatic heterocycles. The van der Waals surface area contributed by atoms with Crippen LogP contribution in [0, 0.1) is 10.1 Å². The number of unbranched alkanes of at least 4 members (excludes halogenated alkanes) is 1. The first kappa shape index (κ1) is 22.4. The third-order valence-electron chi connectivity index (χ3n) is 5.54. The minimum Gasteiger partial charge on any atom is -0.299 e. The molecule has 0 aliphatic carbocycles. The number of nitro benzene ring substituents is 1. The Morgan fingerprint density at radius 2 is 1.83 bits per heavy atom. The quantitative estimate of drug-likeness (QED) is 0.370. The molecule has 0 bridgehead atoms. The Balaban J connectivity index is 1.44. The number of non-ortho nitro benzene ring substituents is 1. The molecule has 0 unspecified atom stereocenters. The minimum absolute atomic E-state index is 0.131. The van der Waals surface area contributed by atoms with E-state index in [2.05, 4.69) is 23.5 Å². The molecule has 0 atom stereocenters. The topological polar surface area (TPSA) is 92.6 Å². The van der Waals surface area contributed by atoms with Gasteiger partial charge in [-0.05, 0) is 60.5 Å². The van der Waals surface area contributed by atoms with Gasteiger partial charge in [0, 0.05) is 31.8 Å². The molecule has 162 valence electrons. The van der Waals surface area contributed by atoms with Crippen LogP contribution >= 0.6 is 0 Å². The van der Waals surface area contributed by atoms with Crippen LogP contribution in [-0.4, -0.2) is 37.9 Å². The molecular formula is C22H29N3O4S. The molecule has 2 aromatic carbocycles. The molecule has 0 radical (unpaired) electrons. The fourth-order valence-electron chi connectivity index (χ4n) is 3.69. The van der Waals surface area contributed by atoms with Crippen molar-refractivity contribution < 1.29 is 13.3 Å². The van der Waals surface area contributed by atoms with Gasteiger partial charge in [0.15, 0.2) is 0 Å². The number of fused-ring (bicyclic) bond motifs is 1. The van der Waals surface area contributed by atoms with Gasteiger partial charge in [0.05, 0.1) is 9.82 Å². The van der Waals surface area contributed by atoms with Crippen molar-refractivity contribution in [1.29, 1.82) is 0 Å². The first-order valence-electron chi connectivity index (χ1n) is 10.3. The van der Waals surface area contributed by atoms with Crippen LogP contribution in [0.3, 0.4) is 0 Å². The van der Waals surface area contributed by atoms with Crippen molar-refractivity contribution in [3.8, 4) is 0 Å². The second kappa shape index (κ2) is 9.68. The summed E-state index contributed by atoms with van der Waals surface area (Å²) >= 11 is 0. The van der Waals surface area contributed by atoms with Crippen LogP contribution in [0.5, 0.6) is 0 Å². The highest BCUT2D eigenvalue weighted by Gasteiger charge is 2.19. The van der Waals surface area contributed by atoms with Gasteiger partial charge in [-0.15, -0.1) is 0 Å². The van der Waals surface area contributed by atoms with E-state index in [4.69, 9.17) is 0 Å². The summed E-state index contributed by atoms with van der Waals surface area (Å²) in [4.78, 5) is 13.2. The first-order valence-corrected chi connectivity index (χ1v) is 11.8. The van der Waals surface area contributed by atoms with Crippen molar-refractivity contribution in [1.82, 2.24) is 9.62 Å². The lowest BCUT2D eigenvalue weighted by Gasteiger charge is -2.28. The highest BCUT2D eigenvalue weighted by atomic mass is 32.2. The zero-order valence-corrected chi connectivity index (χ0v) is 18.3. The third-order valence-corrected chi connectivity index (χ3v) is 7.02. The number of rotatable bonds is 9. The lowest BCUT2D eigenvalue weighted by molar-refractivity contribution is -0.385. The lowest BCUT2D eigenvalue weighted by atomic mass is 9.99. The first-order chi connectivity index (χ1) is 14.3. The van der Waals surface area contributed by atoms with Gasteiger partial charge >= 0.3 is 0 Å². The van der Waals surface area contributed by atoms with Crippen LogP contribution in [0.15, 0.2) is 47.4 Å². The number of hydrogen-bond acceptors (Lipinski definition) is 5. The summed E-state index contributed by atoms with van der Waals surface area (Å²) in [6.07, 6.45) is 2.48. The van der Waals surface area contributed by atoms with E-state index in [0.717, 1.165) is 43.5 Å². The number of hydrogen-bond donors (Lipinski definition) is 1. The van der Waals surface area contributed by atoms with Crippen LogP contribution < -0.4 is 4.72 Å². The van der Waals surface area contributed by atoms with Crippen LogP contribution in [0.4, 0.5) is 5.69 Å². The van der Waals surface area contributed by atoms with E-state index in [0.29, 0.717) is 23.9 Å².